The molecule has 0 amide bonds. The summed E-state index contributed by atoms with van der Waals surface area (Å²) < 4.78 is 1.28. The van der Waals surface area contributed by atoms with Gasteiger partial charge in [-0.2, -0.15) is 0 Å². The van der Waals surface area contributed by atoms with Crippen molar-refractivity contribution in [2.75, 3.05) is 0 Å². The van der Waals surface area contributed by atoms with Crippen molar-refractivity contribution in [3.05, 3.63) is 52.1 Å². The van der Waals surface area contributed by atoms with Crippen LogP contribution in [-0.4, -0.2) is 4.98 Å². The Labute approximate surface area is 114 Å². The molecule has 1 nitrogen and oxygen atoms in total. The molecule has 1 N–H and O–H groups in total. The van der Waals surface area contributed by atoms with E-state index >= 15 is 0 Å². The van der Waals surface area contributed by atoms with Crippen molar-refractivity contribution in [3.8, 4) is 0 Å². The lowest BCUT2D eigenvalue weighted by molar-refractivity contribution is 0.983. The molecule has 2 heteroatoms. The average Bonchev–Trinajstić information content (AvgIpc) is 2.76. The molecule has 88 valence electrons. The zero-order chi connectivity index (χ0) is 12.1. The van der Waals surface area contributed by atoms with Crippen molar-refractivity contribution in [2.24, 2.45) is 0 Å². The summed E-state index contributed by atoms with van der Waals surface area (Å²) >= 11 is 3.61. The Balaban J connectivity index is 2.19. The number of aromatic nitrogens is 1. The molecule has 0 unspecified atom stereocenters. The first-order chi connectivity index (χ1) is 8.83. The van der Waals surface area contributed by atoms with Gasteiger partial charge in [0.25, 0.3) is 0 Å². The lowest BCUT2D eigenvalue weighted by Crippen LogP contribution is -1.93. The van der Waals surface area contributed by atoms with Gasteiger partial charge in [0, 0.05) is 16.6 Å². The maximum absolute atomic E-state index is 3.61. The van der Waals surface area contributed by atoms with E-state index < -0.39 is 0 Å². The Bertz CT molecular complexity index is 795. The zero-order valence-corrected chi connectivity index (χ0v) is 11.4. The van der Waals surface area contributed by atoms with E-state index in [1.54, 1.807) is 0 Å². The molecule has 1 heterocycles. The summed E-state index contributed by atoms with van der Waals surface area (Å²) in [5, 5.41) is 4.08. The summed E-state index contributed by atoms with van der Waals surface area (Å²) in [6.07, 6.45) is 4.43. The monoisotopic (exact) mass is 297 g/mol. The fourth-order valence-electron chi connectivity index (χ4n) is 2.91. The van der Waals surface area contributed by atoms with Gasteiger partial charge in [0.05, 0.1) is 0 Å². The highest BCUT2D eigenvalue weighted by Crippen LogP contribution is 2.36. The Hall–Kier alpha value is -1.54. The number of allylic oxidation sites excluding steroid dienone is 1. The molecule has 1 aliphatic rings. The molecular weight excluding hydrogens is 286 g/mol. The molecule has 3 aromatic rings. The van der Waals surface area contributed by atoms with Crippen LogP contribution in [0.1, 0.15) is 17.7 Å². The number of aryl methyl sites for hydroxylation is 1. The minimum atomic E-state index is 1.10. The molecule has 2 aromatic carbocycles. The molecule has 0 spiro atoms. The topological polar surface area (TPSA) is 15.8 Å². The second-order valence-corrected chi connectivity index (χ2v) is 5.84. The second kappa shape index (κ2) is 3.72. The maximum atomic E-state index is 3.61. The van der Waals surface area contributed by atoms with E-state index in [-0.39, 0.29) is 0 Å². The number of nitrogens with one attached hydrogen (secondary N) is 1. The van der Waals surface area contributed by atoms with Crippen LogP contribution in [0.4, 0.5) is 0 Å². The molecule has 0 saturated carbocycles. The van der Waals surface area contributed by atoms with Crippen molar-refractivity contribution in [1.29, 1.82) is 0 Å². The first-order valence-electron chi connectivity index (χ1n) is 6.21. The first kappa shape index (κ1) is 10.4. The molecule has 4 rings (SSSR count). The third-order valence-electron chi connectivity index (χ3n) is 3.74. The molecule has 0 atom stereocenters. The number of benzene rings is 2. The molecule has 0 radical (unpaired) electrons. The minimum Gasteiger partial charge on any atom is -0.355 e. The third-order valence-corrected chi connectivity index (χ3v) is 4.37. The van der Waals surface area contributed by atoms with Gasteiger partial charge in [0.15, 0.2) is 0 Å². The van der Waals surface area contributed by atoms with E-state index in [0.29, 0.717) is 0 Å². The van der Waals surface area contributed by atoms with Crippen LogP contribution >= 0.6 is 15.9 Å². The molecule has 1 aromatic heterocycles. The van der Waals surface area contributed by atoms with E-state index in [1.807, 2.05) is 0 Å². The Morgan fingerprint density at radius 2 is 1.89 bits per heavy atom. The van der Waals surface area contributed by atoms with Crippen molar-refractivity contribution in [3.63, 3.8) is 0 Å². The van der Waals surface area contributed by atoms with Crippen molar-refractivity contribution >= 4 is 43.7 Å². The van der Waals surface area contributed by atoms with Gasteiger partial charge in [-0.05, 0) is 45.8 Å². The lowest BCUT2D eigenvalue weighted by atomic mass is 9.97. The normalized spacial score (nSPS) is 14.8. The Morgan fingerprint density at radius 3 is 2.83 bits per heavy atom. The lowest BCUT2D eigenvalue weighted by Gasteiger charge is -2.09. The summed E-state index contributed by atoms with van der Waals surface area (Å²) in [4.78, 5) is 3.53. The fourth-order valence-corrected chi connectivity index (χ4v) is 3.34. The standard InChI is InChI=1S/C16H12BrN/c17-11-6-7-13-15(9-11)18-14-8-5-10-3-1-2-4-12(10)16(13)14/h1-5,8-9,18H,6-7H2. The number of aromatic amines is 1. The third kappa shape index (κ3) is 1.39. The van der Waals surface area contributed by atoms with Crippen LogP contribution in [-0.2, 0) is 6.42 Å². The van der Waals surface area contributed by atoms with Crippen LogP contribution in [0.3, 0.4) is 0 Å². The SMILES string of the molecule is BrC1=Cc2[nH]c3ccc4ccccc4c3c2CC1. The Morgan fingerprint density at radius 1 is 1.00 bits per heavy atom. The first-order valence-corrected chi connectivity index (χ1v) is 7.00. The Kier molecular flexibility index (Phi) is 2.15. The highest BCUT2D eigenvalue weighted by Gasteiger charge is 2.16. The molecule has 1 aliphatic carbocycles. The van der Waals surface area contributed by atoms with Crippen LogP contribution < -0.4 is 0 Å². The van der Waals surface area contributed by atoms with Gasteiger partial charge in [0.2, 0.25) is 0 Å². The quantitative estimate of drug-likeness (QED) is 0.601. The number of fused-ring (bicyclic) bond motifs is 5. The maximum Gasteiger partial charge on any atom is 0.0468 e. The van der Waals surface area contributed by atoms with Crippen LogP contribution in [0.5, 0.6) is 0 Å². The largest absolute Gasteiger partial charge is 0.355 e. The van der Waals surface area contributed by atoms with Crippen molar-refractivity contribution < 1.29 is 0 Å². The van der Waals surface area contributed by atoms with E-state index in [2.05, 4.69) is 63.4 Å². The molecular formula is C16H12BrN. The van der Waals surface area contributed by atoms with Crippen LogP contribution in [0.15, 0.2) is 40.9 Å². The molecule has 0 fully saturated rings. The number of hydrogen-bond donors (Lipinski definition) is 1. The van der Waals surface area contributed by atoms with Gasteiger partial charge >= 0.3 is 0 Å². The molecule has 0 saturated heterocycles. The summed E-state index contributed by atoms with van der Waals surface area (Å²) in [5.41, 5.74) is 3.97. The minimum absolute atomic E-state index is 1.10. The van der Waals surface area contributed by atoms with Crippen molar-refractivity contribution in [2.45, 2.75) is 12.8 Å². The van der Waals surface area contributed by atoms with E-state index in [4.69, 9.17) is 0 Å². The molecule has 0 bridgehead atoms. The second-order valence-electron chi connectivity index (χ2n) is 4.82. The highest BCUT2D eigenvalue weighted by molar-refractivity contribution is 9.11. The van der Waals surface area contributed by atoms with Gasteiger partial charge < -0.3 is 4.98 Å². The number of H-pyrrole nitrogens is 1. The van der Waals surface area contributed by atoms with E-state index in [9.17, 15) is 0 Å². The predicted molar refractivity (Wildman–Crippen MR) is 81.0 cm³/mol. The van der Waals surface area contributed by atoms with E-state index in [1.165, 1.54) is 37.4 Å². The summed E-state index contributed by atoms with van der Waals surface area (Å²) in [6, 6.07) is 13.0. The van der Waals surface area contributed by atoms with Crippen molar-refractivity contribution in [1.82, 2.24) is 4.98 Å². The molecule has 18 heavy (non-hydrogen) atoms. The fraction of sp³-hybridized carbons (Fsp3) is 0.125. The zero-order valence-electron chi connectivity index (χ0n) is 9.83. The predicted octanol–water partition coefficient (Wildman–Crippen LogP) is 5.00. The van der Waals surface area contributed by atoms with Crippen LogP contribution in [0.25, 0.3) is 27.8 Å². The van der Waals surface area contributed by atoms with Crippen LogP contribution in [0, 0.1) is 0 Å². The summed E-state index contributed by atoms with van der Waals surface area (Å²) in [7, 11) is 0. The van der Waals surface area contributed by atoms with Gasteiger partial charge in [-0.25, -0.2) is 0 Å². The number of halogens is 1. The van der Waals surface area contributed by atoms with Gasteiger partial charge in [0.1, 0.15) is 0 Å². The van der Waals surface area contributed by atoms with E-state index in [0.717, 1.165) is 12.8 Å². The molecule has 0 aliphatic heterocycles. The average molecular weight is 298 g/mol. The summed E-state index contributed by atoms with van der Waals surface area (Å²) in [6.45, 7) is 0. The van der Waals surface area contributed by atoms with Gasteiger partial charge in [-0.1, -0.05) is 46.3 Å². The van der Waals surface area contributed by atoms with Crippen LogP contribution in [0.2, 0.25) is 0 Å². The summed E-state index contributed by atoms with van der Waals surface area (Å²) in [5.74, 6) is 0. The number of hydrogen-bond acceptors (Lipinski definition) is 0. The number of rotatable bonds is 0. The highest BCUT2D eigenvalue weighted by atomic mass is 79.9. The smallest absolute Gasteiger partial charge is 0.0468 e. The van der Waals surface area contributed by atoms with Gasteiger partial charge in [-0.3, -0.25) is 0 Å². The van der Waals surface area contributed by atoms with Gasteiger partial charge in [-0.15, -0.1) is 0 Å².